The van der Waals surface area contributed by atoms with E-state index in [4.69, 9.17) is 9.84 Å². The van der Waals surface area contributed by atoms with E-state index in [2.05, 4.69) is 0 Å². The largest absolute Gasteiger partial charge is 0.507 e. The zero-order chi connectivity index (χ0) is 10.7. The van der Waals surface area contributed by atoms with Gasteiger partial charge in [0.2, 0.25) is 0 Å². The molecule has 0 fully saturated rings. The number of ether oxygens (including phenoxy) is 1. The van der Waals surface area contributed by atoms with Gasteiger partial charge in [0, 0.05) is 12.2 Å². The zero-order valence-corrected chi connectivity index (χ0v) is 8.79. The van der Waals surface area contributed by atoms with E-state index in [0.29, 0.717) is 6.42 Å². The van der Waals surface area contributed by atoms with Crippen molar-refractivity contribution in [1.29, 1.82) is 0 Å². The highest BCUT2D eigenvalue weighted by Gasteiger charge is 2.12. The Bertz CT molecular complexity index is 332. The van der Waals surface area contributed by atoms with Gasteiger partial charge >= 0.3 is 0 Å². The monoisotopic (exact) mass is 196 g/mol. The summed E-state index contributed by atoms with van der Waals surface area (Å²) in [6.45, 7) is 3.72. The maximum absolute atomic E-state index is 9.76. The molecule has 1 aromatic carbocycles. The highest BCUT2D eigenvalue weighted by Crippen LogP contribution is 2.32. The molecule has 3 nitrogen and oxygen atoms in total. The lowest BCUT2D eigenvalue weighted by Crippen LogP contribution is -1.99. The van der Waals surface area contributed by atoms with Crippen LogP contribution in [0.3, 0.4) is 0 Å². The normalized spacial score (nSPS) is 10.3. The number of aromatic hydroxyl groups is 1. The molecule has 2 N–H and O–H groups in total. The van der Waals surface area contributed by atoms with E-state index < -0.39 is 0 Å². The molecule has 0 saturated carbocycles. The molecule has 0 heterocycles. The average Bonchev–Trinajstić information content (AvgIpc) is 2.18. The summed E-state index contributed by atoms with van der Waals surface area (Å²) in [4.78, 5) is 0. The second kappa shape index (κ2) is 4.33. The molecule has 3 heteroatoms. The van der Waals surface area contributed by atoms with E-state index in [9.17, 15) is 5.11 Å². The molecule has 0 bridgehead atoms. The summed E-state index contributed by atoms with van der Waals surface area (Å²) in [5.74, 6) is 1.01. The Morgan fingerprint density at radius 1 is 1.36 bits per heavy atom. The first-order chi connectivity index (χ1) is 6.61. The predicted molar refractivity (Wildman–Crippen MR) is 54.9 cm³/mol. The number of aryl methyl sites for hydroxylation is 1. The van der Waals surface area contributed by atoms with Crippen LogP contribution in [0.25, 0.3) is 0 Å². The third-order valence-electron chi connectivity index (χ3n) is 2.41. The number of methoxy groups -OCH3 is 1. The van der Waals surface area contributed by atoms with E-state index in [1.807, 2.05) is 13.8 Å². The summed E-state index contributed by atoms with van der Waals surface area (Å²) >= 11 is 0. The molecular weight excluding hydrogens is 180 g/mol. The fourth-order valence-corrected chi connectivity index (χ4v) is 1.57. The SMILES string of the molecule is COc1cc(C)c(O)c(CCO)c1C. The Hall–Kier alpha value is -1.22. The van der Waals surface area contributed by atoms with Crippen molar-refractivity contribution in [3.8, 4) is 11.5 Å². The van der Waals surface area contributed by atoms with Crippen LogP contribution in [0.15, 0.2) is 6.07 Å². The third-order valence-corrected chi connectivity index (χ3v) is 2.41. The van der Waals surface area contributed by atoms with Gasteiger partial charge in [-0.25, -0.2) is 0 Å². The third kappa shape index (κ3) is 1.82. The summed E-state index contributed by atoms with van der Waals surface area (Å²) in [7, 11) is 1.60. The van der Waals surface area contributed by atoms with Crippen LogP contribution in [0.2, 0.25) is 0 Å². The molecular formula is C11H16O3. The van der Waals surface area contributed by atoms with Crippen molar-refractivity contribution in [1.82, 2.24) is 0 Å². The molecule has 0 radical (unpaired) electrons. The lowest BCUT2D eigenvalue weighted by Gasteiger charge is -2.13. The Labute approximate surface area is 84.0 Å². The number of benzene rings is 1. The Morgan fingerprint density at radius 3 is 2.50 bits per heavy atom. The molecule has 1 aromatic rings. The Kier molecular flexibility index (Phi) is 3.36. The molecule has 78 valence electrons. The summed E-state index contributed by atoms with van der Waals surface area (Å²) in [6, 6.07) is 1.80. The van der Waals surface area contributed by atoms with Crippen LogP contribution in [0.5, 0.6) is 11.5 Å². The van der Waals surface area contributed by atoms with E-state index >= 15 is 0 Å². The van der Waals surface area contributed by atoms with Gasteiger partial charge in [-0.2, -0.15) is 0 Å². The first-order valence-corrected chi connectivity index (χ1v) is 4.58. The van der Waals surface area contributed by atoms with Crippen molar-refractivity contribution in [2.24, 2.45) is 0 Å². The van der Waals surface area contributed by atoms with Crippen molar-refractivity contribution in [3.63, 3.8) is 0 Å². The van der Waals surface area contributed by atoms with Gasteiger partial charge in [-0.3, -0.25) is 0 Å². The molecule has 14 heavy (non-hydrogen) atoms. The van der Waals surface area contributed by atoms with Crippen LogP contribution >= 0.6 is 0 Å². The number of aliphatic hydroxyl groups is 1. The maximum Gasteiger partial charge on any atom is 0.122 e. The first kappa shape index (κ1) is 10.9. The molecule has 0 amide bonds. The number of hydrogen-bond donors (Lipinski definition) is 2. The second-order valence-corrected chi connectivity index (χ2v) is 3.32. The second-order valence-electron chi connectivity index (χ2n) is 3.32. The number of phenolic OH excluding ortho intramolecular Hbond substituents is 1. The minimum Gasteiger partial charge on any atom is -0.507 e. The van der Waals surface area contributed by atoms with Crippen molar-refractivity contribution >= 4 is 0 Å². The molecule has 0 aromatic heterocycles. The van der Waals surface area contributed by atoms with Crippen LogP contribution in [-0.2, 0) is 6.42 Å². The van der Waals surface area contributed by atoms with Gasteiger partial charge in [-0.1, -0.05) is 0 Å². The summed E-state index contributed by atoms with van der Waals surface area (Å²) in [5, 5.41) is 18.6. The highest BCUT2D eigenvalue weighted by molar-refractivity contribution is 5.52. The van der Waals surface area contributed by atoms with Gasteiger partial charge in [-0.05, 0) is 37.5 Å². The van der Waals surface area contributed by atoms with Crippen LogP contribution in [-0.4, -0.2) is 23.9 Å². The molecule has 0 aliphatic carbocycles. The fourth-order valence-electron chi connectivity index (χ4n) is 1.57. The smallest absolute Gasteiger partial charge is 0.122 e. The number of rotatable bonds is 3. The van der Waals surface area contributed by atoms with Gasteiger partial charge in [0.15, 0.2) is 0 Å². The van der Waals surface area contributed by atoms with E-state index in [0.717, 1.165) is 22.4 Å². The van der Waals surface area contributed by atoms with Crippen LogP contribution in [0, 0.1) is 13.8 Å². The fraction of sp³-hybridized carbons (Fsp3) is 0.455. The topological polar surface area (TPSA) is 49.7 Å². The van der Waals surface area contributed by atoms with Crippen molar-refractivity contribution < 1.29 is 14.9 Å². The van der Waals surface area contributed by atoms with Crippen LogP contribution in [0.1, 0.15) is 16.7 Å². The molecule has 0 atom stereocenters. The lowest BCUT2D eigenvalue weighted by molar-refractivity contribution is 0.296. The number of aliphatic hydroxyl groups excluding tert-OH is 1. The van der Waals surface area contributed by atoms with Crippen molar-refractivity contribution in [2.75, 3.05) is 13.7 Å². The quantitative estimate of drug-likeness (QED) is 0.771. The van der Waals surface area contributed by atoms with E-state index in [1.165, 1.54) is 0 Å². The molecule has 0 saturated heterocycles. The molecule has 0 spiro atoms. The van der Waals surface area contributed by atoms with Crippen LogP contribution in [0.4, 0.5) is 0 Å². The van der Waals surface area contributed by atoms with Gasteiger partial charge in [0.05, 0.1) is 7.11 Å². The molecule has 0 unspecified atom stereocenters. The zero-order valence-electron chi connectivity index (χ0n) is 8.79. The highest BCUT2D eigenvalue weighted by atomic mass is 16.5. The maximum atomic E-state index is 9.76. The van der Waals surface area contributed by atoms with Gasteiger partial charge in [0.1, 0.15) is 11.5 Å². The Balaban J connectivity index is 3.29. The Morgan fingerprint density at radius 2 is 2.00 bits per heavy atom. The molecule has 1 rings (SSSR count). The number of phenols is 1. The first-order valence-electron chi connectivity index (χ1n) is 4.58. The minimum atomic E-state index is 0.0288. The predicted octanol–water partition coefficient (Wildman–Crippen LogP) is 1.55. The minimum absolute atomic E-state index is 0.0288. The van der Waals surface area contributed by atoms with E-state index in [-0.39, 0.29) is 12.4 Å². The average molecular weight is 196 g/mol. The standard InChI is InChI=1S/C11H16O3/c1-7-6-10(14-3)8(2)9(4-5-12)11(7)13/h6,12-13H,4-5H2,1-3H3. The van der Waals surface area contributed by atoms with Gasteiger partial charge in [-0.15, -0.1) is 0 Å². The van der Waals surface area contributed by atoms with Crippen molar-refractivity contribution in [3.05, 3.63) is 22.8 Å². The summed E-state index contributed by atoms with van der Waals surface area (Å²) in [5.41, 5.74) is 2.44. The summed E-state index contributed by atoms with van der Waals surface area (Å²) < 4.78 is 5.18. The van der Waals surface area contributed by atoms with E-state index in [1.54, 1.807) is 13.2 Å². The lowest BCUT2D eigenvalue weighted by atomic mass is 10.0. The van der Waals surface area contributed by atoms with Crippen LogP contribution < -0.4 is 4.74 Å². The van der Waals surface area contributed by atoms with Gasteiger partial charge in [0.25, 0.3) is 0 Å². The molecule has 0 aliphatic rings. The summed E-state index contributed by atoms with van der Waals surface area (Å²) in [6.07, 6.45) is 0.454. The van der Waals surface area contributed by atoms with Crippen molar-refractivity contribution in [2.45, 2.75) is 20.3 Å². The number of hydrogen-bond acceptors (Lipinski definition) is 3. The molecule has 0 aliphatic heterocycles. The van der Waals surface area contributed by atoms with Gasteiger partial charge < -0.3 is 14.9 Å².